The van der Waals surface area contributed by atoms with Crippen LogP contribution in [-0.4, -0.2) is 49.7 Å². The Morgan fingerprint density at radius 1 is 1.17 bits per heavy atom. The maximum absolute atomic E-state index is 5.34. The van der Waals surface area contributed by atoms with Crippen LogP contribution >= 0.6 is 0 Å². The molecule has 0 atom stereocenters. The molecule has 0 aliphatic heterocycles. The number of methoxy groups -OCH3 is 3. The van der Waals surface area contributed by atoms with Gasteiger partial charge >= 0.3 is 0 Å². The quantitative estimate of drug-likeness (QED) is 0.412. The van der Waals surface area contributed by atoms with E-state index in [0.717, 1.165) is 0 Å². The van der Waals surface area contributed by atoms with Gasteiger partial charge in [0.2, 0.25) is 9.76 Å². The van der Waals surface area contributed by atoms with Crippen molar-refractivity contribution in [2.24, 2.45) is 0 Å². The summed E-state index contributed by atoms with van der Waals surface area (Å²) in [6, 6.07) is 0. The zero-order chi connectivity index (χ0) is 9.45. The third-order valence-electron chi connectivity index (χ3n) is 1.63. The second-order valence-electron chi connectivity index (χ2n) is 2.39. The normalized spacial score (nSPS) is 13.0. The third-order valence-corrected chi connectivity index (χ3v) is 3.47. The minimum Gasteiger partial charge on any atom is -0.418 e. The van der Waals surface area contributed by atoms with Gasteiger partial charge < -0.3 is 18.6 Å². The minimum absolute atomic E-state index is 0.423. The van der Waals surface area contributed by atoms with Crippen LogP contribution < -0.4 is 0 Å². The molecular weight excluding hydrogens is 176 g/mol. The van der Waals surface area contributed by atoms with Gasteiger partial charge in [-0.1, -0.05) is 0 Å². The SMILES string of the molecule is CCO[SiH2]C(COC)(OC)OC. The summed E-state index contributed by atoms with van der Waals surface area (Å²) in [5, 5.41) is 0. The van der Waals surface area contributed by atoms with Crippen LogP contribution in [0.1, 0.15) is 6.92 Å². The number of hydrogen-bond acceptors (Lipinski definition) is 4. The van der Waals surface area contributed by atoms with Crippen molar-refractivity contribution in [2.45, 2.75) is 12.3 Å². The Hall–Kier alpha value is 0.0569. The number of rotatable bonds is 7. The van der Waals surface area contributed by atoms with Crippen molar-refractivity contribution in [1.29, 1.82) is 0 Å². The highest BCUT2D eigenvalue weighted by Crippen LogP contribution is 2.09. The number of hydrogen-bond donors (Lipinski definition) is 0. The first kappa shape index (κ1) is 12.1. The van der Waals surface area contributed by atoms with E-state index in [9.17, 15) is 0 Å². The Bertz CT molecular complexity index is 106. The molecule has 74 valence electrons. The second kappa shape index (κ2) is 6.56. The highest BCUT2D eigenvalue weighted by molar-refractivity contribution is 6.31. The largest absolute Gasteiger partial charge is 0.418 e. The second-order valence-corrected chi connectivity index (χ2v) is 4.16. The van der Waals surface area contributed by atoms with Gasteiger partial charge in [-0.15, -0.1) is 0 Å². The summed E-state index contributed by atoms with van der Waals surface area (Å²) in [5.41, 5.74) is -0.620. The van der Waals surface area contributed by atoms with E-state index in [0.29, 0.717) is 13.2 Å². The van der Waals surface area contributed by atoms with Crippen LogP contribution in [0.3, 0.4) is 0 Å². The maximum Gasteiger partial charge on any atom is 0.230 e. The zero-order valence-electron chi connectivity index (χ0n) is 8.25. The Kier molecular flexibility index (Phi) is 6.59. The van der Waals surface area contributed by atoms with Gasteiger partial charge in [-0.2, -0.15) is 0 Å². The summed E-state index contributed by atoms with van der Waals surface area (Å²) in [7, 11) is 3.97. The fourth-order valence-electron chi connectivity index (χ4n) is 0.838. The van der Waals surface area contributed by atoms with Crippen LogP contribution in [0.4, 0.5) is 0 Å². The molecule has 4 nitrogen and oxygen atoms in total. The van der Waals surface area contributed by atoms with Crippen molar-refractivity contribution in [3.63, 3.8) is 0 Å². The lowest BCUT2D eigenvalue weighted by atomic mass is 10.6. The fraction of sp³-hybridized carbons (Fsp3) is 1.00. The van der Waals surface area contributed by atoms with Crippen molar-refractivity contribution in [3.05, 3.63) is 0 Å². The molecule has 0 saturated carbocycles. The molecule has 12 heavy (non-hydrogen) atoms. The molecule has 0 aliphatic carbocycles. The zero-order valence-corrected chi connectivity index (χ0v) is 9.67. The van der Waals surface area contributed by atoms with Gasteiger partial charge in [0.05, 0.1) is 6.61 Å². The van der Waals surface area contributed by atoms with Gasteiger partial charge in [-0.3, -0.25) is 0 Å². The molecule has 0 fully saturated rings. The maximum atomic E-state index is 5.34. The van der Waals surface area contributed by atoms with Crippen molar-refractivity contribution in [1.82, 2.24) is 0 Å². The van der Waals surface area contributed by atoms with Crippen LogP contribution in [-0.2, 0) is 18.6 Å². The molecular formula is C7H18O4Si. The first-order chi connectivity index (χ1) is 5.74. The van der Waals surface area contributed by atoms with Crippen molar-refractivity contribution < 1.29 is 18.6 Å². The summed E-state index contributed by atoms with van der Waals surface area (Å²) in [6.45, 7) is 3.08. The van der Waals surface area contributed by atoms with Crippen LogP contribution in [0.2, 0.25) is 0 Å². The molecule has 0 saturated heterocycles. The van der Waals surface area contributed by atoms with E-state index in [1.165, 1.54) is 0 Å². The average molecular weight is 194 g/mol. The summed E-state index contributed by atoms with van der Waals surface area (Å²) >= 11 is 0. The predicted octanol–water partition coefficient (Wildman–Crippen LogP) is -0.300. The Balaban J connectivity index is 3.95. The molecule has 0 rings (SSSR count). The fourth-order valence-corrected chi connectivity index (χ4v) is 1.88. The Morgan fingerprint density at radius 3 is 2.08 bits per heavy atom. The summed E-state index contributed by atoms with van der Waals surface area (Å²) in [5.74, 6) is 0. The molecule has 0 heterocycles. The van der Waals surface area contributed by atoms with Crippen LogP contribution in [0.15, 0.2) is 0 Å². The molecule has 0 unspecified atom stereocenters. The molecule has 0 amide bonds. The molecule has 0 bridgehead atoms. The van der Waals surface area contributed by atoms with E-state index < -0.39 is 15.2 Å². The summed E-state index contributed by atoms with van der Waals surface area (Å²) in [4.78, 5) is 0. The lowest BCUT2D eigenvalue weighted by Crippen LogP contribution is -2.46. The minimum atomic E-state index is -0.862. The third kappa shape index (κ3) is 3.64. The molecule has 0 spiro atoms. The first-order valence-corrected chi connectivity index (χ1v) is 5.20. The molecule has 5 heteroatoms. The van der Waals surface area contributed by atoms with E-state index in [1.807, 2.05) is 6.92 Å². The standard InChI is InChI=1S/C7H18O4Si/c1-5-11-12-7(9-3,10-4)6-8-2/h5-6,12H2,1-4H3. The van der Waals surface area contributed by atoms with Gasteiger partial charge in [0.1, 0.15) is 0 Å². The molecule has 0 radical (unpaired) electrons. The Labute approximate surface area is 76.1 Å². The number of ether oxygens (including phenoxy) is 3. The topological polar surface area (TPSA) is 36.9 Å². The van der Waals surface area contributed by atoms with Gasteiger partial charge in [-0.25, -0.2) is 0 Å². The molecule has 0 aromatic rings. The first-order valence-electron chi connectivity index (χ1n) is 3.91. The Morgan fingerprint density at radius 2 is 1.75 bits per heavy atom. The molecule has 0 aromatic heterocycles. The van der Waals surface area contributed by atoms with Gasteiger partial charge in [0.25, 0.3) is 0 Å². The van der Waals surface area contributed by atoms with Crippen molar-refractivity contribution in [3.8, 4) is 0 Å². The lowest BCUT2D eigenvalue weighted by Gasteiger charge is -2.29. The highest BCUT2D eigenvalue weighted by atomic mass is 28.2. The van der Waals surface area contributed by atoms with E-state index in [1.54, 1.807) is 21.3 Å². The molecule has 0 aliphatic rings. The molecule has 0 aromatic carbocycles. The van der Waals surface area contributed by atoms with Gasteiger partial charge in [0.15, 0.2) is 5.41 Å². The highest BCUT2D eigenvalue weighted by Gasteiger charge is 2.30. The van der Waals surface area contributed by atoms with Gasteiger partial charge in [0, 0.05) is 27.9 Å². The summed E-state index contributed by atoms with van der Waals surface area (Å²) < 4.78 is 20.8. The average Bonchev–Trinajstić information content (AvgIpc) is 2.13. The summed E-state index contributed by atoms with van der Waals surface area (Å²) in [6.07, 6.45) is 0. The van der Waals surface area contributed by atoms with Crippen molar-refractivity contribution in [2.75, 3.05) is 34.5 Å². The molecule has 0 N–H and O–H groups in total. The van der Waals surface area contributed by atoms with E-state index in [2.05, 4.69) is 0 Å². The van der Waals surface area contributed by atoms with Crippen LogP contribution in [0.5, 0.6) is 0 Å². The lowest BCUT2D eigenvalue weighted by molar-refractivity contribution is -0.180. The van der Waals surface area contributed by atoms with Crippen LogP contribution in [0, 0.1) is 0 Å². The van der Waals surface area contributed by atoms with Crippen LogP contribution in [0.25, 0.3) is 0 Å². The van der Waals surface area contributed by atoms with E-state index >= 15 is 0 Å². The van der Waals surface area contributed by atoms with Gasteiger partial charge in [-0.05, 0) is 6.92 Å². The monoisotopic (exact) mass is 194 g/mol. The smallest absolute Gasteiger partial charge is 0.230 e. The van der Waals surface area contributed by atoms with Crippen molar-refractivity contribution >= 4 is 9.76 Å². The van der Waals surface area contributed by atoms with E-state index in [-0.39, 0.29) is 0 Å². The predicted molar refractivity (Wildman–Crippen MR) is 48.8 cm³/mol. The van der Waals surface area contributed by atoms with E-state index in [4.69, 9.17) is 18.6 Å².